The summed E-state index contributed by atoms with van der Waals surface area (Å²) in [6, 6.07) is 20.0. The molecule has 0 unspecified atom stereocenters. The van der Waals surface area contributed by atoms with Crippen LogP contribution in [0.1, 0.15) is 81.1 Å². The third kappa shape index (κ3) is 9.66. The van der Waals surface area contributed by atoms with Gasteiger partial charge in [-0.25, -0.2) is 4.68 Å². The van der Waals surface area contributed by atoms with E-state index in [4.69, 9.17) is 4.74 Å². The van der Waals surface area contributed by atoms with Gasteiger partial charge in [-0.15, -0.1) is 20.4 Å². The fourth-order valence-corrected chi connectivity index (χ4v) is 10.2. The lowest BCUT2D eigenvalue weighted by Crippen LogP contribution is -2.62. The number of benzene rings is 2. The Balaban J connectivity index is 0.000000179. The number of pyridine rings is 1. The summed E-state index contributed by atoms with van der Waals surface area (Å²) in [4.78, 5) is 8.88. The number of fused-ring (bicyclic) bond motifs is 1. The molecule has 0 spiro atoms. The summed E-state index contributed by atoms with van der Waals surface area (Å²) in [7, 11) is 5.90. The minimum atomic E-state index is 0.0674. The first-order valence-corrected chi connectivity index (χ1v) is 21.1. The maximum Gasteiger partial charge on any atom is 0.208 e. The van der Waals surface area contributed by atoms with E-state index in [0.29, 0.717) is 23.3 Å². The highest BCUT2D eigenvalue weighted by Crippen LogP contribution is 2.39. The maximum atomic E-state index is 10.4. The lowest BCUT2D eigenvalue weighted by atomic mass is 9.79. The maximum absolute atomic E-state index is 10.4. The molecule has 2 saturated heterocycles. The van der Waals surface area contributed by atoms with E-state index in [1.165, 1.54) is 0 Å². The molecule has 2 aliphatic heterocycles. The molecule has 13 nitrogen and oxygen atoms in total. The fraction of sp³-hybridized carbons (Fsp3) is 0.467. The molecular formula is C45H59N11O2S. The van der Waals surface area contributed by atoms with Crippen LogP contribution in [0.25, 0.3) is 38.4 Å². The van der Waals surface area contributed by atoms with Gasteiger partial charge in [0.2, 0.25) is 5.13 Å². The van der Waals surface area contributed by atoms with Gasteiger partial charge in [-0.2, -0.15) is 5.10 Å². The summed E-state index contributed by atoms with van der Waals surface area (Å²) < 4.78 is 7.47. The van der Waals surface area contributed by atoms with Crippen molar-refractivity contribution in [3.8, 4) is 39.0 Å². The summed E-state index contributed by atoms with van der Waals surface area (Å²) >= 11 is 1.60. The molecule has 0 amide bonds. The Bertz CT molecular complexity index is 2340. The van der Waals surface area contributed by atoms with Crippen molar-refractivity contribution >= 4 is 33.2 Å². The second-order valence-corrected chi connectivity index (χ2v) is 19.7. The van der Waals surface area contributed by atoms with Crippen molar-refractivity contribution in [2.75, 3.05) is 31.0 Å². The first kappa shape index (κ1) is 42.0. The molecule has 8 rings (SSSR count). The van der Waals surface area contributed by atoms with Crippen molar-refractivity contribution in [1.29, 1.82) is 0 Å². The topological polar surface area (TPSA) is 142 Å². The van der Waals surface area contributed by atoms with Gasteiger partial charge in [-0.1, -0.05) is 17.4 Å². The quantitative estimate of drug-likeness (QED) is 0.136. The standard InChI is InChI=1S/C23H29N5O.C22H30N6OS/c1-22(2)13-16(14-23(3,4)27-22)28(5)21-9-8-18(25-26-21)17-12-19-15(11-20(17)29)7-6-10-24-19;1-21(2)13-16(14-22(3,4)26-21)27(5)20-25-24-19(30-20)17-9-8-15(12-18(17)29-6)28-11-7-10-23-28/h6-12,16,27,29H,13-14H2,1-5H3;7-12,16,26H,13-14H2,1-6H3. The Kier molecular flexibility index (Phi) is 11.5. The van der Waals surface area contributed by atoms with Crippen molar-refractivity contribution in [1.82, 2.24) is 45.8 Å². The Labute approximate surface area is 352 Å². The molecule has 4 aromatic heterocycles. The first-order valence-electron chi connectivity index (χ1n) is 20.3. The van der Waals surface area contributed by atoms with Gasteiger partial charge in [0, 0.05) is 83.9 Å². The van der Waals surface area contributed by atoms with E-state index < -0.39 is 0 Å². The highest BCUT2D eigenvalue weighted by molar-refractivity contribution is 7.18. The monoisotopic (exact) mass is 817 g/mol. The normalized spacial score (nSPS) is 18.5. The molecule has 59 heavy (non-hydrogen) atoms. The van der Waals surface area contributed by atoms with Crippen LogP contribution in [0.4, 0.5) is 10.9 Å². The molecule has 6 aromatic rings. The van der Waals surface area contributed by atoms with Crippen molar-refractivity contribution in [2.45, 2.75) is 115 Å². The summed E-state index contributed by atoms with van der Waals surface area (Å²) in [5.74, 6) is 1.78. The predicted octanol–water partition coefficient (Wildman–Crippen LogP) is 8.29. The van der Waals surface area contributed by atoms with E-state index in [9.17, 15) is 5.11 Å². The summed E-state index contributed by atoms with van der Waals surface area (Å²) in [6.07, 6.45) is 9.61. The van der Waals surface area contributed by atoms with Crippen LogP contribution in [0.5, 0.6) is 11.5 Å². The van der Waals surface area contributed by atoms with Gasteiger partial charge < -0.3 is 30.3 Å². The average molecular weight is 818 g/mol. The second kappa shape index (κ2) is 16.1. The van der Waals surface area contributed by atoms with Crippen molar-refractivity contribution in [3.63, 3.8) is 0 Å². The van der Waals surface area contributed by atoms with Crippen LogP contribution in [-0.4, -0.2) is 95.7 Å². The Hall–Kier alpha value is -5.18. The number of piperidine rings is 2. The molecule has 0 aliphatic carbocycles. The SMILES string of the molecule is CN(c1ccc(-c2cc3ncccc3cc2O)nn1)C1CC(C)(C)NC(C)(C)C1.COc1cc(-n2cccn2)ccc1-c1nnc(N(C)C2CC(C)(C)NC(C)(C)C2)s1. The van der Waals surface area contributed by atoms with Gasteiger partial charge >= 0.3 is 0 Å². The van der Waals surface area contributed by atoms with E-state index in [1.54, 1.807) is 36.9 Å². The van der Waals surface area contributed by atoms with Crippen molar-refractivity contribution in [2.24, 2.45) is 0 Å². The number of nitrogens with zero attached hydrogens (tertiary/aromatic N) is 9. The van der Waals surface area contributed by atoms with Crippen molar-refractivity contribution < 1.29 is 9.84 Å². The van der Waals surface area contributed by atoms with Crippen LogP contribution >= 0.6 is 11.3 Å². The highest BCUT2D eigenvalue weighted by atomic mass is 32.1. The minimum absolute atomic E-state index is 0.0674. The number of ether oxygens (including phenoxy) is 1. The number of nitrogens with one attached hydrogen (secondary N) is 2. The number of phenols is 1. The third-order valence-corrected chi connectivity index (χ3v) is 12.4. The molecule has 2 aromatic carbocycles. The molecule has 0 radical (unpaired) electrons. The molecule has 0 saturated carbocycles. The molecule has 0 bridgehead atoms. The zero-order chi connectivity index (χ0) is 42.3. The van der Waals surface area contributed by atoms with Crippen LogP contribution in [0.2, 0.25) is 0 Å². The predicted molar refractivity (Wildman–Crippen MR) is 239 cm³/mol. The smallest absolute Gasteiger partial charge is 0.208 e. The van der Waals surface area contributed by atoms with Gasteiger partial charge in [-0.05, 0) is 130 Å². The van der Waals surface area contributed by atoms with Crippen LogP contribution in [0.3, 0.4) is 0 Å². The largest absolute Gasteiger partial charge is 0.507 e. The number of phenolic OH excluding ortho intramolecular Hbond substituents is 1. The van der Waals surface area contributed by atoms with E-state index >= 15 is 0 Å². The van der Waals surface area contributed by atoms with E-state index in [1.807, 2.05) is 65.5 Å². The zero-order valence-electron chi connectivity index (χ0n) is 36.3. The first-order chi connectivity index (χ1) is 27.8. The number of rotatable bonds is 8. The third-order valence-electron chi connectivity index (χ3n) is 11.3. The molecule has 0 atom stereocenters. The number of anilines is 2. The average Bonchev–Trinajstić information content (AvgIpc) is 3.89. The zero-order valence-corrected chi connectivity index (χ0v) is 37.1. The molecular weight excluding hydrogens is 759 g/mol. The molecule has 3 N–H and O–H groups in total. The molecule has 2 aliphatic rings. The lowest BCUT2D eigenvalue weighted by Gasteiger charge is -2.49. The Morgan fingerprint density at radius 1 is 0.729 bits per heavy atom. The van der Waals surface area contributed by atoms with Gasteiger partial charge in [0.05, 0.1) is 29.6 Å². The number of hydrogen-bond donors (Lipinski definition) is 3. The lowest BCUT2D eigenvalue weighted by molar-refractivity contribution is 0.160. The van der Waals surface area contributed by atoms with Crippen LogP contribution in [0, 0.1) is 0 Å². The summed E-state index contributed by atoms with van der Waals surface area (Å²) in [5, 5.41) is 42.8. The van der Waals surface area contributed by atoms with Crippen LogP contribution in [0.15, 0.2) is 79.3 Å². The van der Waals surface area contributed by atoms with E-state index in [2.05, 4.69) is 120 Å². The number of hydrogen-bond acceptors (Lipinski definition) is 13. The summed E-state index contributed by atoms with van der Waals surface area (Å²) in [6.45, 7) is 18.1. The van der Waals surface area contributed by atoms with Crippen LogP contribution in [-0.2, 0) is 0 Å². The molecule has 14 heteroatoms. The van der Waals surface area contributed by atoms with Gasteiger partial charge in [0.25, 0.3) is 0 Å². The Morgan fingerprint density at radius 2 is 1.39 bits per heavy atom. The van der Waals surface area contributed by atoms with E-state index in [-0.39, 0.29) is 27.9 Å². The minimum Gasteiger partial charge on any atom is -0.507 e. The number of methoxy groups -OCH3 is 1. The number of aromatic nitrogens is 7. The Morgan fingerprint density at radius 3 is 1.98 bits per heavy atom. The molecule has 6 heterocycles. The molecule has 312 valence electrons. The van der Waals surface area contributed by atoms with E-state index in [0.717, 1.165) is 69.5 Å². The van der Waals surface area contributed by atoms with Gasteiger partial charge in [0.15, 0.2) is 10.8 Å². The van der Waals surface area contributed by atoms with Gasteiger partial charge in [0.1, 0.15) is 11.5 Å². The fourth-order valence-electron chi connectivity index (χ4n) is 9.29. The van der Waals surface area contributed by atoms with Crippen molar-refractivity contribution in [3.05, 3.63) is 79.3 Å². The van der Waals surface area contributed by atoms with Crippen LogP contribution < -0.4 is 25.2 Å². The molecule has 2 fully saturated rings. The summed E-state index contributed by atoms with van der Waals surface area (Å²) in [5.41, 5.74) is 4.29. The number of aromatic hydroxyl groups is 1. The highest BCUT2D eigenvalue weighted by Gasteiger charge is 2.41. The second-order valence-electron chi connectivity index (χ2n) is 18.7. The van der Waals surface area contributed by atoms with Gasteiger partial charge in [-0.3, -0.25) is 4.98 Å².